The van der Waals surface area contributed by atoms with E-state index in [-0.39, 0.29) is 12.2 Å². The number of aromatic amines is 1. The zero-order chi connectivity index (χ0) is 18.8. The Morgan fingerprint density at radius 2 is 1.74 bits per heavy atom. The highest BCUT2D eigenvalue weighted by atomic mass is 32.1. The molecule has 0 unspecified atom stereocenters. The van der Waals surface area contributed by atoms with Crippen molar-refractivity contribution in [2.24, 2.45) is 0 Å². The van der Waals surface area contributed by atoms with Gasteiger partial charge < -0.3 is 9.72 Å². The first-order valence-corrected chi connectivity index (χ1v) is 9.25. The molecule has 27 heavy (non-hydrogen) atoms. The van der Waals surface area contributed by atoms with Gasteiger partial charge in [-0.2, -0.15) is 0 Å². The van der Waals surface area contributed by atoms with E-state index < -0.39 is 5.97 Å². The van der Waals surface area contributed by atoms with Gasteiger partial charge in [-0.1, -0.05) is 60.7 Å². The van der Waals surface area contributed by atoms with Gasteiger partial charge in [0, 0.05) is 5.56 Å². The number of ether oxygens (including phenoxy) is 1. The minimum atomic E-state index is -0.444. The Morgan fingerprint density at radius 3 is 2.44 bits per heavy atom. The molecule has 0 aliphatic heterocycles. The monoisotopic (exact) mass is 376 g/mol. The number of nitrogens with one attached hydrogen (secondary N) is 1. The number of hydrogen-bond donors (Lipinski definition) is 1. The fourth-order valence-electron chi connectivity index (χ4n) is 2.86. The molecule has 134 valence electrons. The van der Waals surface area contributed by atoms with Crippen molar-refractivity contribution >= 4 is 27.5 Å². The summed E-state index contributed by atoms with van der Waals surface area (Å²) in [6.07, 6.45) is 0. The van der Waals surface area contributed by atoms with Crippen LogP contribution in [0, 0.1) is 6.92 Å². The summed E-state index contributed by atoms with van der Waals surface area (Å²) in [5.74, 6) is 0.0403. The van der Waals surface area contributed by atoms with Crippen LogP contribution in [0.25, 0.3) is 21.6 Å². The quantitative estimate of drug-likeness (QED) is 0.539. The molecule has 0 aliphatic carbocycles. The zero-order valence-electron chi connectivity index (χ0n) is 14.6. The Balaban J connectivity index is 1.68. The minimum Gasteiger partial charge on any atom is -0.457 e. The molecule has 0 spiro atoms. The number of carbonyl (C=O) groups is 1. The van der Waals surface area contributed by atoms with Crippen LogP contribution in [-0.2, 0) is 11.3 Å². The van der Waals surface area contributed by atoms with Crippen molar-refractivity contribution in [3.63, 3.8) is 0 Å². The maximum Gasteiger partial charge on any atom is 0.349 e. The first kappa shape index (κ1) is 17.2. The van der Waals surface area contributed by atoms with E-state index in [2.05, 4.69) is 9.97 Å². The Morgan fingerprint density at radius 1 is 1.07 bits per heavy atom. The van der Waals surface area contributed by atoms with E-state index in [9.17, 15) is 9.59 Å². The van der Waals surface area contributed by atoms with Crippen molar-refractivity contribution in [2.45, 2.75) is 13.5 Å². The molecule has 4 rings (SSSR count). The van der Waals surface area contributed by atoms with Crippen molar-refractivity contribution in [3.05, 3.63) is 87.0 Å². The van der Waals surface area contributed by atoms with Crippen molar-refractivity contribution in [3.8, 4) is 11.4 Å². The standard InChI is InChI=1S/C21H16N2O3S/c1-13-16-19(24)22-18(15-10-6-3-7-11-15)23-20(16)27-17(13)21(25)26-12-14-8-4-2-5-9-14/h2-11H,12H2,1H3,(H,22,23,24). The number of fused-ring (bicyclic) bond motifs is 1. The van der Waals surface area contributed by atoms with Crippen LogP contribution >= 0.6 is 11.3 Å². The minimum absolute atomic E-state index is 0.187. The van der Waals surface area contributed by atoms with Crippen molar-refractivity contribution in [1.82, 2.24) is 9.97 Å². The first-order chi connectivity index (χ1) is 13.1. The number of rotatable bonds is 4. The lowest BCUT2D eigenvalue weighted by molar-refractivity contribution is 0.0478. The van der Waals surface area contributed by atoms with Crippen LogP contribution in [0.2, 0.25) is 0 Å². The van der Waals surface area contributed by atoms with Gasteiger partial charge in [0.2, 0.25) is 0 Å². The Hall–Kier alpha value is -3.25. The number of H-pyrrole nitrogens is 1. The molecule has 6 heteroatoms. The summed E-state index contributed by atoms with van der Waals surface area (Å²) in [6, 6.07) is 18.9. The molecule has 5 nitrogen and oxygen atoms in total. The molecule has 1 N–H and O–H groups in total. The average molecular weight is 376 g/mol. The van der Waals surface area contributed by atoms with Crippen molar-refractivity contribution < 1.29 is 9.53 Å². The van der Waals surface area contributed by atoms with E-state index in [0.717, 1.165) is 11.1 Å². The number of esters is 1. The fourth-order valence-corrected chi connectivity index (χ4v) is 3.94. The van der Waals surface area contributed by atoms with E-state index >= 15 is 0 Å². The molecular formula is C21H16N2O3S. The highest BCUT2D eigenvalue weighted by molar-refractivity contribution is 7.20. The fraction of sp³-hybridized carbons (Fsp3) is 0.0952. The SMILES string of the molecule is Cc1c(C(=O)OCc2ccccc2)sc2nc(-c3ccccc3)[nH]c(=O)c12. The lowest BCUT2D eigenvalue weighted by atomic mass is 10.2. The molecule has 2 heterocycles. The maximum absolute atomic E-state index is 12.6. The van der Waals surface area contributed by atoms with Crippen LogP contribution < -0.4 is 5.56 Å². The van der Waals surface area contributed by atoms with Gasteiger partial charge in [-0.15, -0.1) is 11.3 Å². The molecule has 0 aliphatic rings. The second kappa shape index (κ2) is 7.17. The molecule has 0 saturated heterocycles. The van der Waals surface area contributed by atoms with E-state index in [1.54, 1.807) is 6.92 Å². The van der Waals surface area contributed by atoms with Crippen LogP contribution in [0.5, 0.6) is 0 Å². The lowest BCUT2D eigenvalue weighted by Crippen LogP contribution is -2.10. The normalized spacial score (nSPS) is 10.9. The van der Waals surface area contributed by atoms with Crippen LogP contribution in [0.4, 0.5) is 0 Å². The lowest BCUT2D eigenvalue weighted by Gasteiger charge is -2.03. The number of benzene rings is 2. The molecule has 4 aromatic rings. The van der Waals surface area contributed by atoms with E-state index in [1.807, 2.05) is 60.7 Å². The molecule has 0 saturated carbocycles. The first-order valence-electron chi connectivity index (χ1n) is 8.43. The Labute approximate surface area is 159 Å². The Bertz CT molecular complexity index is 1160. The van der Waals surface area contributed by atoms with Gasteiger partial charge in [0.15, 0.2) is 0 Å². The molecule has 0 radical (unpaired) electrons. The summed E-state index contributed by atoms with van der Waals surface area (Å²) in [5.41, 5.74) is 2.07. The number of hydrogen-bond acceptors (Lipinski definition) is 5. The Kier molecular flexibility index (Phi) is 4.56. The second-order valence-electron chi connectivity index (χ2n) is 6.08. The molecule has 0 bridgehead atoms. The maximum atomic E-state index is 12.6. The number of aromatic nitrogens is 2. The van der Waals surface area contributed by atoms with Crippen LogP contribution in [0.1, 0.15) is 20.8 Å². The molecule has 0 amide bonds. The van der Waals surface area contributed by atoms with Crippen LogP contribution in [0.15, 0.2) is 65.5 Å². The summed E-state index contributed by atoms with van der Waals surface area (Å²) >= 11 is 1.18. The second-order valence-corrected chi connectivity index (χ2v) is 7.08. The summed E-state index contributed by atoms with van der Waals surface area (Å²) in [7, 11) is 0. The van der Waals surface area contributed by atoms with Gasteiger partial charge in [0.05, 0.1) is 5.39 Å². The van der Waals surface area contributed by atoms with E-state index in [4.69, 9.17) is 4.74 Å². The van der Waals surface area contributed by atoms with Gasteiger partial charge in [-0.25, -0.2) is 9.78 Å². The summed E-state index contributed by atoms with van der Waals surface area (Å²) in [4.78, 5) is 33.4. The van der Waals surface area contributed by atoms with Gasteiger partial charge in [-0.3, -0.25) is 4.79 Å². The predicted octanol–water partition coefficient (Wildman–Crippen LogP) is 4.32. The summed E-state index contributed by atoms with van der Waals surface area (Å²) in [6.45, 7) is 1.93. The number of thiophene rings is 1. The van der Waals surface area contributed by atoms with Crippen LogP contribution in [-0.4, -0.2) is 15.9 Å². The third-order valence-corrected chi connectivity index (χ3v) is 5.41. The van der Waals surface area contributed by atoms with E-state index in [1.165, 1.54) is 11.3 Å². The highest BCUT2D eigenvalue weighted by Crippen LogP contribution is 2.29. The average Bonchev–Trinajstić information content (AvgIpc) is 3.04. The molecule has 2 aromatic heterocycles. The smallest absolute Gasteiger partial charge is 0.349 e. The molecular weight excluding hydrogens is 360 g/mol. The molecule has 0 fully saturated rings. The summed E-state index contributed by atoms with van der Waals surface area (Å²) < 4.78 is 5.41. The highest BCUT2D eigenvalue weighted by Gasteiger charge is 2.20. The largest absolute Gasteiger partial charge is 0.457 e. The number of nitrogens with zero attached hydrogens (tertiary/aromatic N) is 1. The zero-order valence-corrected chi connectivity index (χ0v) is 15.4. The van der Waals surface area contributed by atoms with Crippen LogP contribution in [0.3, 0.4) is 0 Å². The predicted molar refractivity (Wildman–Crippen MR) is 106 cm³/mol. The van der Waals surface area contributed by atoms with Gasteiger partial charge in [-0.05, 0) is 18.1 Å². The number of aryl methyl sites for hydroxylation is 1. The topological polar surface area (TPSA) is 72.0 Å². The van der Waals surface area contributed by atoms with Gasteiger partial charge in [0.25, 0.3) is 5.56 Å². The third-order valence-electron chi connectivity index (χ3n) is 4.25. The van der Waals surface area contributed by atoms with Gasteiger partial charge in [0.1, 0.15) is 22.1 Å². The van der Waals surface area contributed by atoms with Crippen molar-refractivity contribution in [1.29, 1.82) is 0 Å². The van der Waals surface area contributed by atoms with E-state index in [0.29, 0.717) is 26.5 Å². The van der Waals surface area contributed by atoms with Crippen molar-refractivity contribution in [2.75, 3.05) is 0 Å². The summed E-state index contributed by atoms with van der Waals surface area (Å²) in [5, 5.41) is 0.436. The van der Waals surface area contributed by atoms with Gasteiger partial charge >= 0.3 is 5.97 Å². The molecule has 0 atom stereocenters. The third kappa shape index (κ3) is 3.39. The number of carbonyl (C=O) groups excluding carboxylic acids is 1. The molecule has 2 aromatic carbocycles.